The predicted octanol–water partition coefficient (Wildman–Crippen LogP) is 2.76. The number of rotatable bonds is 10. The van der Waals surface area contributed by atoms with Crippen LogP contribution in [0.4, 0.5) is 0 Å². The molecule has 3 rings (SSSR count). The van der Waals surface area contributed by atoms with Gasteiger partial charge in [-0.15, -0.1) is 0 Å². The van der Waals surface area contributed by atoms with E-state index in [0.29, 0.717) is 35.6 Å². The van der Waals surface area contributed by atoms with Crippen molar-refractivity contribution in [1.82, 2.24) is 19.1 Å². The first kappa shape index (κ1) is 24.8. The summed E-state index contributed by atoms with van der Waals surface area (Å²) in [7, 11) is 1.43. The van der Waals surface area contributed by atoms with Gasteiger partial charge in [0, 0.05) is 25.6 Å². The number of unbranched alkanes of at least 4 members (excludes halogenated alkanes) is 1. The fourth-order valence-corrected chi connectivity index (χ4v) is 3.70. The quantitative estimate of drug-likeness (QED) is 0.358. The molecular weight excluding hydrogens is 438 g/mol. The third-order valence-electron chi connectivity index (χ3n) is 5.32. The molecule has 0 aliphatic heterocycles. The molecule has 0 radical (unpaired) electrons. The molecule has 1 N–H and O–H groups in total. The lowest BCUT2D eigenvalue weighted by Crippen LogP contribution is -2.31. The summed E-state index contributed by atoms with van der Waals surface area (Å²) in [4.78, 5) is 44.7. The second-order valence-corrected chi connectivity index (χ2v) is 8.42. The Morgan fingerprint density at radius 2 is 2.00 bits per heavy atom. The van der Waals surface area contributed by atoms with Gasteiger partial charge in [0.25, 0.3) is 5.56 Å². The molecule has 10 heteroatoms. The number of H-pyrrole nitrogens is 1. The summed E-state index contributed by atoms with van der Waals surface area (Å²) in [6.07, 6.45) is 1.88. The number of hydrogen-bond acceptors (Lipinski definition) is 7. The van der Waals surface area contributed by atoms with E-state index in [9.17, 15) is 14.4 Å². The molecule has 0 saturated carbocycles. The van der Waals surface area contributed by atoms with Crippen molar-refractivity contribution in [2.45, 2.75) is 59.5 Å². The van der Waals surface area contributed by atoms with E-state index in [1.54, 1.807) is 4.57 Å². The smallest absolute Gasteiger partial charge is 0.330 e. The van der Waals surface area contributed by atoms with Crippen molar-refractivity contribution in [3.8, 4) is 17.6 Å². The Hall–Kier alpha value is -3.87. The van der Waals surface area contributed by atoms with Gasteiger partial charge in [-0.25, -0.2) is 9.78 Å². The molecule has 0 unspecified atom stereocenters. The Balaban J connectivity index is 1.91. The summed E-state index contributed by atoms with van der Waals surface area (Å²) in [5, 5.41) is 9.02. The summed E-state index contributed by atoms with van der Waals surface area (Å²) in [5.41, 5.74) is 0.0796. The Labute approximate surface area is 196 Å². The molecule has 0 saturated heterocycles. The van der Waals surface area contributed by atoms with Gasteiger partial charge in [0.05, 0.1) is 25.2 Å². The van der Waals surface area contributed by atoms with E-state index in [0.717, 1.165) is 12.8 Å². The van der Waals surface area contributed by atoms with Gasteiger partial charge >= 0.3 is 11.7 Å². The van der Waals surface area contributed by atoms with Crippen LogP contribution >= 0.6 is 0 Å². The van der Waals surface area contributed by atoms with E-state index in [-0.39, 0.29) is 30.3 Å². The zero-order valence-corrected chi connectivity index (χ0v) is 19.9. The first-order valence-electron chi connectivity index (χ1n) is 11.3. The number of methoxy groups -OCH3 is 1. The van der Waals surface area contributed by atoms with Gasteiger partial charge in [0.2, 0.25) is 0 Å². The number of fused-ring (bicyclic) bond motifs is 1. The van der Waals surface area contributed by atoms with E-state index >= 15 is 0 Å². The molecule has 0 amide bonds. The minimum Gasteiger partial charge on any atom is -0.493 e. The molecule has 10 nitrogen and oxygen atoms in total. The van der Waals surface area contributed by atoms with E-state index < -0.39 is 17.2 Å². The molecule has 3 aromatic rings. The van der Waals surface area contributed by atoms with Crippen LogP contribution in [0.1, 0.15) is 51.4 Å². The number of carbonyl (C=O) groups is 1. The van der Waals surface area contributed by atoms with Gasteiger partial charge in [-0.05, 0) is 24.5 Å². The lowest BCUT2D eigenvalue weighted by Gasteiger charge is -2.12. The zero-order valence-electron chi connectivity index (χ0n) is 19.9. The molecule has 180 valence electrons. The first-order valence-corrected chi connectivity index (χ1v) is 11.3. The molecule has 2 aromatic heterocycles. The topological polar surface area (TPSA) is 132 Å². The molecule has 1 aromatic carbocycles. The van der Waals surface area contributed by atoms with Gasteiger partial charge in [-0.2, -0.15) is 5.26 Å². The molecule has 0 spiro atoms. The van der Waals surface area contributed by atoms with Crippen molar-refractivity contribution in [1.29, 1.82) is 5.26 Å². The van der Waals surface area contributed by atoms with E-state index in [1.807, 2.05) is 26.8 Å². The number of aromatic amines is 1. The molecule has 2 heterocycles. The van der Waals surface area contributed by atoms with Crippen LogP contribution in [0.25, 0.3) is 11.2 Å². The Kier molecular flexibility index (Phi) is 7.89. The van der Waals surface area contributed by atoms with Gasteiger partial charge in [0.1, 0.15) is 5.82 Å². The normalized spacial score (nSPS) is 11.1. The van der Waals surface area contributed by atoms with Crippen LogP contribution in [0.5, 0.6) is 11.5 Å². The van der Waals surface area contributed by atoms with Crippen LogP contribution in [0.3, 0.4) is 0 Å². The van der Waals surface area contributed by atoms with Gasteiger partial charge in [-0.3, -0.25) is 19.1 Å². The van der Waals surface area contributed by atoms with E-state index in [1.165, 1.54) is 29.9 Å². The summed E-state index contributed by atoms with van der Waals surface area (Å²) in [5.74, 6) is 0.733. The predicted molar refractivity (Wildman–Crippen MR) is 126 cm³/mol. The highest BCUT2D eigenvalue weighted by atomic mass is 16.6. The van der Waals surface area contributed by atoms with E-state index in [4.69, 9.17) is 14.7 Å². The fourth-order valence-electron chi connectivity index (χ4n) is 3.70. The molecule has 0 bridgehead atoms. The Morgan fingerprint density at radius 3 is 2.65 bits per heavy atom. The van der Waals surface area contributed by atoms with Gasteiger partial charge < -0.3 is 14.0 Å². The number of hydrogen-bond donors (Lipinski definition) is 1. The van der Waals surface area contributed by atoms with Crippen molar-refractivity contribution in [2.24, 2.45) is 5.92 Å². The largest absolute Gasteiger partial charge is 0.493 e. The molecule has 34 heavy (non-hydrogen) atoms. The first-order chi connectivity index (χ1) is 16.3. The highest BCUT2D eigenvalue weighted by Crippen LogP contribution is 2.28. The summed E-state index contributed by atoms with van der Waals surface area (Å²) < 4.78 is 13.9. The average Bonchev–Trinajstić information content (AvgIpc) is 3.15. The number of benzene rings is 1. The van der Waals surface area contributed by atoms with Crippen molar-refractivity contribution in [3.05, 3.63) is 50.4 Å². The van der Waals surface area contributed by atoms with Crippen LogP contribution in [0.15, 0.2) is 27.8 Å². The fraction of sp³-hybridized carbons (Fsp3) is 0.458. The maximum atomic E-state index is 12.7. The molecule has 0 aliphatic carbocycles. The number of aryl methyl sites for hydroxylation is 2. The number of carbonyl (C=O) groups excluding carboxylic acids is 1. The highest BCUT2D eigenvalue weighted by Gasteiger charge is 2.20. The Bertz CT molecular complexity index is 1340. The summed E-state index contributed by atoms with van der Waals surface area (Å²) in [6.45, 7) is 7.01. The number of aromatic nitrogens is 4. The number of nitriles is 1. The second-order valence-electron chi connectivity index (χ2n) is 8.42. The molecule has 0 atom stereocenters. The minimum absolute atomic E-state index is 0.00166. The number of nitrogens with zero attached hydrogens (tertiary/aromatic N) is 4. The van der Waals surface area contributed by atoms with Gasteiger partial charge in [-0.1, -0.05) is 27.2 Å². The van der Waals surface area contributed by atoms with Crippen LogP contribution in [-0.4, -0.2) is 32.2 Å². The SMILES string of the molecule is CCCCn1c(=O)[nH]c(=O)c2c1nc(CCC(=O)Oc1ccc(C#N)cc1OC)n2CC(C)C. The molecular formula is C24H29N5O5. The molecule has 0 fully saturated rings. The maximum Gasteiger partial charge on any atom is 0.330 e. The van der Waals surface area contributed by atoms with Crippen molar-refractivity contribution in [2.75, 3.05) is 7.11 Å². The second kappa shape index (κ2) is 10.8. The Morgan fingerprint density at radius 1 is 1.24 bits per heavy atom. The van der Waals surface area contributed by atoms with Crippen molar-refractivity contribution >= 4 is 17.1 Å². The minimum atomic E-state index is -0.511. The lowest BCUT2D eigenvalue weighted by atomic mass is 10.2. The molecule has 0 aliphatic rings. The van der Waals surface area contributed by atoms with E-state index in [2.05, 4.69) is 9.97 Å². The number of nitrogens with one attached hydrogen (secondary N) is 1. The highest BCUT2D eigenvalue weighted by molar-refractivity contribution is 5.74. The number of ether oxygens (including phenoxy) is 2. The van der Waals surface area contributed by atoms with Crippen LogP contribution < -0.4 is 20.7 Å². The average molecular weight is 468 g/mol. The summed E-state index contributed by atoms with van der Waals surface area (Å²) in [6, 6.07) is 6.54. The van der Waals surface area contributed by atoms with Crippen molar-refractivity contribution < 1.29 is 14.3 Å². The van der Waals surface area contributed by atoms with Crippen LogP contribution in [-0.2, 0) is 24.3 Å². The van der Waals surface area contributed by atoms with Crippen LogP contribution in [0, 0.1) is 17.2 Å². The number of esters is 1. The summed E-state index contributed by atoms with van der Waals surface area (Å²) >= 11 is 0. The third kappa shape index (κ3) is 5.36. The lowest BCUT2D eigenvalue weighted by molar-refractivity contribution is -0.134. The van der Waals surface area contributed by atoms with Gasteiger partial charge in [0.15, 0.2) is 22.7 Å². The third-order valence-corrected chi connectivity index (χ3v) is 5.32. The monoisotopic (exact) mass is 467 g/mol. The van der Waals surface area contributed by atoms with Crippen molar-refractivity contribution in [3.63, 3.8) is 0 Å². The maximum absolute atomic E-state index is 12.7. The standard InChI is InChI=1S/C24H29N5O5/c1-5-6-11-28-22-21(23(31)27-24(28)32)29(14-15(2)3)19(26-22)9-10-20(30)34-17-8-7-16(13-25)12-18(17)33-4/h7-8,12,15H,5-6,9-11,14H2,1-4H3,(H,27,31,32). The van der Waals surface area contributed by atoms with Crippen LogP contribution in [0.2, 0.25) is 0 Å². The zero-order chi connectivity index (χ0) is 24.8. The number of imidazole rings is 1.